The molecule has 1 N–H and O–H groups in total. The monoisotopic (exact) mass is 377 g/mol. The van der Waals surface area contributed by atoms with E-state index in [-0.39, 0.29) is 12.2 Å². The van der Waals surface area contributed by atoms with Gasteiger partial charge in [0.05, 0.1) is 0 Å². The van der Waals surface area contributed by atoms with Gasteiger partial charge in [-0.1, -0.05) is 54.7 Å². The number of rotatable bonds is 14. The van der Waals surface area contributed by atoms with Crippen molar-refractivity contribution in [2.24, 2.45) is 0 Å². The summed E-state index contributed by atoms with van der Waals surface area (Å²) in [5.74, 6) is 0. The van der Waals surface area contributed by atoms with Gasteiger partial charge in [-0.2, -0.15) is 0 Å². The molecule has 1 unspecified atom stereocenters. The van der Waals surface area contributed by atoms with Gasteiger partial charge < -0.3 is 10.1 Å². The Balaban J connectivity index is 3.90. The Hall–Kier alpha value is -1.51. The summed E-state index contributed by atoms with van der Waals surface area (Å²) in [6.07, 6.45) is 16.3. The van der Waals surface area contributed by atoms with Crippen LogP contribution in [0.1, 0.15) is 99.3 Å². The summed E-state index contributed by atoms with van der Waals surface area (Å²) in [5.41, 5.74) is 4.29. The van der Waals surface area contributed by atoms with Gasteiger partial charge in [0.2, 0.25) is 0 Å². The molecule has 0 bridgehead atoms. The summed E-state index contributed by atoms with van der Waals surface area (Å²) < 4.78 is 5.39. The van der Waals surface area contributed by atoms with Crippen LogP contribution in [-0.4, -0.2) is 18.7 Å². The highest BCUT2D eigenvalue weighted by Gasteiger charge is 2.07. The normalized spacial score (nSPS) is 13.3. The minimum Gasteiger partial charge on any atom is -0.447 e. The summed E-state index contributed by atoms with van der Waals surface area (Å²) in [7, 11) is 0. The minimum atomic E-state index is -0.284. The van der Waals surface area contributed by atoms with E-state index in [0.29, 0.717) is 6.54 Å². The zero-order valence-electron chi connectivity index (χ0n) is 18.7. The highest BCUT2D eigenvalue weighted by atomic mass is 16.6. The van der Waals surface area contributed by atoms with Gasteiger partial charge in [0.1, 0.15) is 6.10 Å². The van der Waals surface area contributed by atoms with Crippen molar-refractivity contribution in [3.63, 3.8) is 0 Å². The maximum atomic E-state index is 11.7. The SMILES string of the molecule is CCCCCNC(=O)OC(C)CC/C=C(\C)CC/C=C(\C)CCC=C(C)C. The molecule has 0 rings (SSSR count). The van der Waals surface area contributed by atoms with Crippen molar-refractivity contribution in [2.45, 2.75) is 105 Å². The number of carbonyl (C=O) groups is 1. The van der Waals surface area contributed by atoms with Crippen molar-refractivity contribution in [2.75, 3.05) is 6.54 Å². The van der Waals surface area contributed by atoms with Crippen molar-refractivity contribution in [3.05, 3.63) is 34.9 Å². The highest BCUT2D eigenvalue weighted by Crippen LogP contribution is 2.13. The molecular formula is C24H43NO2. The van der Waals surface area contributed by atoms with Crippen LogP contribution in [0.2, 0.25) is 0 Å². The summed E-state index contributed by atoms with van der Waals surface area (Å²) in [5, 5.41) is 2.82. The number of allylic oxidation sites excluding steroid dienone is 6. The Kier molecular flexibility index (Phi) is 15.7. The van der Waals surface area contributed by atoms with Gasteiger partial charge in [0.25, 0.3) is 0 Å². The largest absolute Gasteiger partial charge is 0.447 e. The predicted octanol–water partition coefficient (Wildman–Crippen LogP) is 7.49. The van der Waals surface area contributed by atoms with E-state index in [0.717, 1.165) is 57.8 Å². The maximum absolute atomic E-state index is 11.7. The zero-order valence-corrected chi connectivity index (χ0v) is 18.7. The topological polar surface area (TPSA) is 38.3 Å². The van der Waals surface area contributed by atoms with Gasteiger partial charge in [0.15, 0.2) is 0 Å². The van der Waals surface area contributed by atoms with E-state index in [4.69, 9.17) is 4.74 Å². The molecule has 156 valence electrons. The molecule has 0 fully saturated rings. The molecule has 0 aromatic carbocycles. The van der Waals surface area contributed by atoms with Crippen LogP contribution in [0.5, 0.6) is 0 Å². The maximum Gasteiger partial charge on any atom is 0.407 e. The molecule has 0 aromatic heterocycles. The van der Waals surface area contributed by atoms with Gasteiger partial charge in [0, 0.05) is 6.54 Å². The van der Waals surface area contributed by atoms with Gasteiger partial charge in [-0.05, 0) is 79.6 Å². The molecule has 0 heterocycles. The quantitative estimate of drug-likeness (QED) is 0.251. The Morgan fingerprint density at radius 1 is 0.926 bits per heavy atom. The molecule has 3 nitrogen and oxygen atoms in total. The van der Waals surface area contributed by atoms with Crippen molar-refractivity contribution in [3.8, 4) is 0 Å². The Labute approximate surface area is 168 Å². The summed E-state index contributed by atoms with van der Waals surface area (Å²) >= 11 is 0. The Bertz CT molecular complexity index is 485. The molecule has 0 aliphatic rings. The third-order valence-electron chi connectivity index (χ3n) is 4.55. The molecule has 0 aromatic rings. The number of unbranched alkanes of at least 4 members (excludes halogenated alkanes) is 2. The van der Waals surface area contributed by atoms with Crippen LogP contribution in [-0.2, 0) is 4.74 Å². The molecule has 0 saturated heterocycles. The number of alkyl carbamates (subject to hydrolysis) is 1. The third kappa shape index (κ3) is 17.7. The van der Waals surface area contributed by atoms with Gasteiger partial charge in [-0.25, -0.2) is 4.79 Å². The molecule has 0 aliphatic carbocycles. The predicted molar refractivity (Wildman–Crippen MR) is 118 cm³/mol. The number of amides is 1. The molecular weight excluding hydrogens is 334 g/mol. The third-order valence-corrected chi connectivity index (χ3v) is 4.55. The fourth-order valence-electron chi connectivity index (χ4n) is 2.75. The molecule has 0 radical (unpaired) electrons. The smallest absolute Gasteiger partial charge is 0.407 e. The van der Waals surface area contributed by atoms with E-state index in [1.165, 1.54) is 16.7 Å². The number of hydrogen-bond acceptors (Lipinski definition) is 2. The molecule has 0 spiro atoms. The molecule has 1 amide bonds. The van der Waals surface area contributed by atoms with E-state index >= 15 is 0 Å². The highest BCUT2D eigenvalue weighted by molar-refractivity contribution is 5.67. The van der Waals surface area contributed by atoms with E-state index in [2.05, 4.69) is 58.2 Å². The first-order chi connectivity index (χ1) is 12.8. The van der Waals surface area contributed by atoms with Crippen molar-refractivity contribution >= 4 is 6.09 Å². The molecule has 0 aliphatic heterocycles. The fourth-order valence-corrected chi connectivity index (χ4v) is 2.75. The Morgan fingerprint density at radius 3 is 2.11 bits per heavy atom. The first kappa shape index (κ1) is 25.5. The van der Waals surface area contributed by atoms with E-state index in [1.807, 2.05) is 6.92 Å². The lowest BCUT2D eigenvalue weighted by molar-refractivity contribution is 0.103. The van der Waals surface area contributed by atoms with Crippen LogP contribution in [0, 0.1) is 0 Å². The zero-order chi connectivity index (χ0) is 20.5. The first-order valence-corrected chi connectivity index (χ1v) is 10.7. The number of hydrogen-bond donors (Lipinski definition) is 1. The summed E-state index contributed by atoms with van der Waals surface area (Å²) in [6.45, 7) is 13.5. The molecule has 27 heavy (non-hydrogen) atoms. The second kappa shape index (κ2) is 16.6. The van der Waals surface area contributed by atoms with Crippen LogP contribution in [0.15, 0.2) is 34.9 Å². The number of ether oxygens (including phenoxy) is 1. The molecule has 1 atom stereocenters. The van der Waals surface area contributed by atoms with Crippen molar-refractivity contribution < 1.29 is 9.53 Å². The molecule has 3 heteroatoms. The van der Waals surface area contributed by atoms with E-state index < -0.39 is 0 Å². The first-order valence-electron chi connectivity index (χ1n) is 10.7. The van der Waals surface area contributed by atoms with E-state index in [1.54, 1.807) is 0 Å². The van der Waals surface area contributed by atoms with Crippen LogP contribution in [0.25, 0.3) is 0 Å². The second-order valence-corrected chi connectivity index (χ2v) is 7.89. The van der Waals surface area contributed by atoms with Gasteiger partial charge in [-0.3, -0.25) is 0 Å². The molecule has 0 saturated carbocycles. The van der Waals surface area contributed by atoms with Crippen LogP contribution >= 0.6 is 0 Å². The lowest BCUT2D eigenvalue weighted by Gasteiger charge is -2.13. The summed E-state index contributed by atoms with van der Waals surface area (Å²) in [4.78, 5) is 11.7. The van der Waals surface area contributed by atoms with E-state index in [9.17, 15) is 4.79 Å². The lowest BCUT2D eigenvalue weighted by Crippen LogP contribution is -2.28. The number of carbonyl (C=O) groups excluding carboxylic acids is 1. The van der Waals surface area contributed by atoms with Gasteiger partial charge >= 0.3 is 6.09 Å². The Morgan fingerprint density at radius 2 is 1.52 bits per heavy atom. The fraction of sp³-hybridized carbons (Fsp3) is 0.708. The van der Waals surface area contributed by atoms with Crippen LogP contribution in [0.3, 0.4) is 0 Å². The minimum absolute atomic E-state index is 0.0440. The lowest BCUT2D eigenvalue weighted by atomic mass is 10.1. The number of nitrogens with one attached hydrogen (secondary N) is 1. The average Bonchev–Trinajstić information content (AvgIpc) is 2.58. The standard InChI is InChI=1S/C24H43NO2/c1-7-8-9-19-25-24(26)27-23(6)18-12-17-22(5)16-11-15-21(4)14-10-13-20(2)3/h13,15,17,23H,7-12,14,16,18-19H2,1-6H3,(H,25,26)/b21-15+,22-17+. The van der Waals surface area contributed by atoms with Crippen molar-refractivity contribution in [1.29, 1.82) is 0 Å². The van der Waals surface area contributed by atoms with Crippen LogP contribution in [0.4, 0.5) is 4.79 Å². The van der Waals surface area contributed by atoms with Crippen LogP contribution < -0.4 is 5.32 Å². The second-order valence-electron chi connectivity index (χ2n) is 7.89. The summed E-state index contributed by atoms with van der Waals surface area (Å²) in [6, 6.07) is 0. The average molecular weight is 378 g/mol. The van der Waals surface area contributed by atoms with Gasteiger partial charge in [-0.15, -0.1) is 0 Å². The van der Waals surface area contributed by atoms with Crippen molar-refractivity contribution in [1.82, 2.24) is 5.32 Å².